The molecule has 0 aromatic carbocycles. The van der Waals surface area contributed by atoms with Crippen molar-refractivity contribution in [2.24, 2.45) is 11.7 Å². The second kappa shape index (κ2) is 4.99. The number of hydrogen-bond donors (Lipinski definition) is 2. The van der Waals surface area contributed by atoms with Gasteiger partial charge in [0.25, 0.3) is 0 Å². The first-order valence-electron chi connectivity index (χ1n) is 5.45. The molecule has 1 amide bonds. The minimum Gasteiger partial charge on any atom is -0.368 e. The first-order valence-corrected chi connectivity index (χ1v) is 5.45. The third kappa shape index (κ3) is 2.55. The molecule has 18 heavy (non-hydrogen) atoms. The number of carbonyl (C=O) groups excluding carboxylic acids is 1. The number of pyridine rings is 1. The number of anilines is 1. The van der Waals surface area contributed by atoms with Gasteiger partial charge in [-0.2, -0.15) is 0 Å². The van der Waals surface area contributed by atoms with E-state index in [-0.39, 0.29) is 17.3 Å². The van der Waals surface area contributed by atoms with Gasteiger partial charge in [-0.1, -0.05) is 13.8 Å². The second-order valence-electron chi connectivity index (χ2n) is 4.50. The summed E-state index contributed by atoms with van der Waals surface area (Å²) >= 11 is 0. The van der Waals surface area contributed by atoms with E-state index in [9.17, 15) is 14.9 Å². The minimum absolute atomic E-state index is 0.122. The lowest BCUT2D eigenvalue weighted by Crippen LogP contribution is -2.52. The third-order valence-electron chi connectivity index (χ3n) is 3.06. The number of nitrogens with zero attached hydrogens (tertiary/aromatic N) is 2. The van der Waals surface area contributed by atoms with E-state index in [1.54, 1.807) is 6.92 Å². The van der Waals surface area contributed by atoms with Gasteiger partial charge in [0.2, 0.25) is 5.91 Å². The van der Waals surface area contributed by atoms with Crippen molar-refractivity contribution in [1.82, 2.24) is 4.98 Å². The fourth-order valence-corrected chi connectivity index (χ4v) is 1.41. The van der Waals surface area contributed by atoms with Crippen LogP contribution in [0.2, 0.25) is 0 Å². The van der Waals surface area contributed by atoms with Crippen molar-refractivity contribution in [2.75, 3.05) is 5.32 Å². The Labute approximate surface area is 105 Å². The largest absolute Gasteiger partial charge is 0.368 e. The van der Waals surface area contributed by atoms with E-state index in [0.29, 0.717) is 0 Å². The van der Waals surface area contributed by atoms with Gasteiger partial charge in [-0.25, -0.2) is 0 Å². The Hall–Kier alpha value is -2.18. The zero-order chi connectivity index (χ0) is 13.9. The SMILES string of the molecule is CC(C)C(C)(Nc1ccncc1[N+](=O)[O-])C(N)=O. The molecule has 0 fully saturated rings. The molecule has 7 nitrogen and oxygen atoms in total. The standard InChI is InChI=1S/C11H16N4O3/c1-7(2)11(3,10(12)16)14-8-4-5-13-6-9(8)15(17)18/h4-7H,1-3H3,(H2,12,16)(H,13,14). The summed E-state index contributed by atoms with van der Waals surface area (Å²) in [5, 5.41) is 13.7. The summed E-state index contributed by atoms with van der Waals surface area (Å²) in [6, 6.07) is 1.45. The molecule has 0 radical (unpaired) electrons. The van der Waals surface area contributed by atoms with Gasteiger partial charge in [0.05, 0.1) is 4.92 Å². The second-order valence-corrected chi connectivity index (χ2v) is 4.50. The predicted octanol–water partition coefficient (Wildman–Crippen LogP) is 1.30. The summed E-state index contributed by atoms with van der Waals surface area (Å²) in [6.45, 7) is 5.24. The van der Waals surface area contributed by atoms with Crippen molar-refractivity contribution in [3.8, 4) is 0 Å². The molecule has 1 aromatic rings. The zero-order valence-corrected chi connectivity index (χ0v) is 10.5. The highest BCUT2D eigenvalue weighted by atomic mass is 16.6. The lowest BCUT2D eigenvalue weighted by molar-refractivity contribution is -0.384. The maximum atomic E-state index is 11.5. The molecule has 0 aliphatic heterocycles. The normalized spacial score (nSPS) is 14.0. The van der Waals surface area contributed by atoms with Crippen molar-refractivity contribution in [3.63, 3.8) is 0 Å². The van der Waals surface area contributed by atoms with Crippen LogP contribution in [0.5, 0.6) is 0 Å². The quantitative estimate of drug-likeness (QED) is 0.606. The molecule has 0 bridgehead atoms. The van der Waals surface area contributed by atoms with Crippen LogP contribution in [0.3, 0.4) is 0 Å². The average molecular weight is 252 g/mol. The fraction of sp³-hybridized carbons (Fsp3) is 0.455. The Morgan fingerprint density at radius 3 is 2.67 bits per heavy atom. The average Bonchev–Trinajstić information content (AvgIpc) is 2.28. The summed E-state index contributed by atoms with van der Waals surface area (Å²) in [5.74, 6) is -0.689. The van der Waals surface area contributed by atoms with Crippen LogP contribution in [-0.4, -0.2) is 21.4 Å². The Morgan fingerprint density at radius 1 is 1.61 bits per heavy atom. The maximum Gasteiger partial charge on any atom is 0.310 e. The summed E-state index contributed by atoms with van der Waals surface area (Å²) < 4.78 is 0. The van der Waals surface area contributed by atoms with Crippen molar-refractivity contribution in [2.45, 2.75) is 26.3 Å². The number of primary amides is 1. The topological polar surface area (TPSA) is 111 Å². The van der Waals surface area contributed by atoms with E-state index in [1.807, 2.05) is 13.8 Å². The number of aromatic nitrogens is 1. The molecule has 7 heteroatoms. The zero-order valence-electron chi connectivity index (χ0n) is 10.5. The number of amides is 1. The lowest BCUT2D eigenvalue weighted by Gasteiger charge is -2.32. The monoisotopic (exact) mass is 252 g/mol. The third-order valence-corrected chi connectivity index (χ3v) is 3.06. The van der Waals surface area contributed by atoms with Gasteiger partial charge in [0.1, 0.15) is 17.4 Å². The highest BCUT2D eigenvalue weighted by molar-refractivity contribution is 5.88. The van der Waals surface area contributed by atoms with Gasteiger partial charge >= 0.3 is 5.69 Å². The molecule has 98 valence electrons. The molecule has 1 heterocycles. The van der Waals surface area contributed by atoms with Gasteiger partial charge in [-0.3, -0.25) is 19.9 Å². The molecule has 0 aliphatic rings. The van der Waals surface area contributed by atoms with Crippen LogP contribution >= 0.6 is 0 Å². The first kappa shape index (κ1) is 13.9. The highest BCUT2D eigenvalue weighted by Crippen LogP contribution is 2.28. The number of nitrogens with two attached hydrogens (primary N) is 1. The maximum absolute atomic E-state index is 11.5. The number of rotatable bonds is 5. The van der Waals surface area contributed by atoms with Gasteiger partial charge < -0.3 is 11.1 Å². The van der Waals surface area contributed by atoms with Crippen LogP contribution < -0.4 is 11.1 Å². The molecule has 1 atom stereocenters. The van der Waals surface area contributed by atoms with Crippen LogP contribution in [0, 0.1) is 16.0 Å². The minimum atomic E-state index is -1.06. The van der Waals surface area contributed by atoms with Crippen molar-refractivity contribution in [3.05, 3.63) is 28.6 Å². The van der Waals surface area contributed by atoms with Crippen molar-refractivity contribution < 1.29 is 9.72 Å². The van der Waals surface area contributed by atoms with E-state index < -0.39 is 16.4 Å². The van der Waals surface area contributed by atoms with E-state index in [4.69, 9.17) is 5.73 Å². The van der Waals surface area contributed by atoms with Gasteiger partial charge in [0, 0.05) is 6.20 Å². The smallest absolute Gasteiger partial charge is 0.310 e. The summed E-state index contributed by atoms with van der Waals surface area (Å²) in [4.78, 5) is 25.5. The molecule has 3 N–H and O–H groups in total. The van der Waals surface area contributed by atoms with E-state index >= 15 is 0 Å². The van der Waals surface area contributed by atoms with Crippen LogP contribution in [0.15, 0.2) is 18.5 Å². The lowest BCUT2D eigenvalue weighted by atomic mass is 9.87. The van der Waals surface area contributed by atoms with E-state index in [2.05, 4.69) is 10.3 Å². The molecule has 0 aliphatic carbocycles. The Balaban J connectivity index is 3.17. The van der Waals surface area contributed by atoms with Crippen LogP contribution in [-0.2, 0) is 4.79 Å². The van der Waals surface area contributed by atoms with Crippen LogP contribution in [0.1, 0.15) is 20.8 Å². The van der Waals surface area contributed by atoms with Crippen molar-refractivity contribution in [1.29, 1.82) is 0 Å². The predicted molar refractivity (Wildman–Crippen MR) is 67.0 cm³/mol. The number of hydrogen-bond acceptors (Lipinski definition) is 5. The Bertz CT molecular complexity index is 475. The molecule has 1 rings (SSSR count). The number of nitro groups is 1. The summed E-state index contributed by atoms with van der Waals surface area (Å²) in [5.41, 5.74) is 4.33. The molecular formula is C11H16N4O3. The Kier molecular flexibility index (Phi) is 3.85. The molecule has 0 saturated heterocycles. The Morgan fingerprint density at radius 2 is 2.22 bits per heavy atom. The molecule has 0 spiro atoms. The fourth-order valence-electron chi connectivity index (χ4n) is 1.41. The van der Waals surface area contributed by atoms with E-state index in [1.165, 1.54) is 12.3 Å². The summed E-state index contributed by atoms with van der Waals surface area (Å²) in [6.07, 6.45) is 2.54. The van der Waals surface area contributed by atoms with E-state index in [0.717, 1.165) is 6.20 Å². The van der Waals surface area contributed by atoms with Crippen LogP contribution in [0.4, 0.5) is 11.4 Å². The van der Waals surface area contributed by atoms with Gasteiger partial charge in [-0.05, 0) is 18.9 Å². The summed E-state index contributed by atoms with van der Waals surface area (Å²) in [7, 11) is 0. The van der Waals surface area contributed by atoms with Crippen molar-refractivity contribution >= 4 is 17.3 Å². The first-order chi connectivity index (χ1) is 8.29. The van der Waals surface area contributed by atoms with Gasteiger partial charge in [-0.15, -0.1) is 0 Å². The van der Waals surface area contributed by atoms with Gasteiger partial charge in [0.15, 0.2) is 0 Å². The molecule has 1 aromatic heterocycles. The highest BCUT2D eigenvalue weighted by Gasteiger charge is 2.36. The number of carbonyl (C=O) groups is 1. The molecular weight excluding hydrogens is 236 g/mol. The molecule has 1 unspecified atom stereocenters. The van der Waals surface area contributed by atoms with Crippen LogP contribution in [0.25, 0.3) is 0 Å². The molecule has 0 saturated carbocycles. The number of nitrogens with one attached hydrogen (secondary N) is 1.